The van der Waals surface area contributed by atoms with Crippen LogP contribution < -0.4 is 0 Å². The van der Waals surface area contributed by atoms with Crippen LogP contribution in [0, 0.1) is 13.8 Å². The monoisotopic (exact) mass is 301 g/mol. The van der Waals surface area contributed by atoms with Gasteiger partial charge in [-0.1, -0.05) is 30.3 Å². The summed E-state index contributed by atoms with van der Waals surface area (Å²) in [7, 11) is 0. The van der Waals surface area contributed by atoms with Crippen molar-refractivity contribution < 1.29 is 0 Å². The Kier molecular flexibility index (Phi) is 3.12. The molecule has 0 saturated carbocycles. The molecule has 0 spiro atoms. The van der Waals surface area contributed by atoms with Gasteiger partial charge < -0.3 is 0 Å². The van der Waals surface area contributed by atoms with Crippen molar-refractivity contribution in [3.63, 3.8) is 0 Å². The Morgan fingerprint density at radius 2 is 1.61 bits per heavy atom. The standard InChI is InChI=1S/C18H15N5/c1-12-11-13(2)21-18(20-12)23-17-15(9-6-10-19-17)16(22-23)14-7-4-3-5-8-14/h3-11H,1-2H3. The molecule has 0 unspecified atom stereocenters. The molecular weight excluding hydrogens is 286 g/mol. The van der Waals surface area contributed by atoms with Gasteiger partial charge in [0.15, 0.2) is 5.65 Å². The molecule has 23 heavy (non-hydrogen) atoms. The summed E-state index contributed by atoms with van der Waals surface area (Å²) < 4.78 is 1.72. The third kappa shape index (κ3) is 2.36. The number of aromatic nitrogens is 5. The third-order valence-electron chi connectivity index (χ3n) is 3.65. The van der Waals surface area contributed by atoms with Crippen LogP contribution >= 0.6 is 0 Å². The van der Waals surface area contributed by atoms with Crippen LogP contribution in [0.5, 0.6) is 0 Å². The number of benzene rings is 1. The van der Waals surface area contributed by atoms with Gasteiger partial charge in [0, 0.05) is 28.5 Å². The lowest BCUT2D eigenvalue weighted by molar-refractivity contribution is 0.810. The molecule has 5 nitrogen and oxygen atoms in total. The molecule has 0 aliphatic rings. The van der Waals surface area contributed by atoms with Crippen LogP contribution in [0.1, 0.15) is 11.4 Å². The number of hydrogen-bond acceptors (Lipinski definition) is 4. The summed E-state index contributed by atoms with van der Waals surface area (Å²) in [5, 5.41) is 5.73. The maximum Gasteiger partial charge on any atom is 0.253 e. The van der Waals surface area contributed by atoms with Crippen LogP contribution in [0.25, 0.3) is 28.2 Å². The van der Waals surface area contributed by atoms with Gasteiger partial charge in [0.25, 0.3) is 5.95 Å². The van der Waals surface area contributed by atoms with E-state index in [1.54, 1.807) is 10.9 Å². The fourth-order valence-electron chi connectivity index (χ4n) is 2.70. The van der Waals surface area contributed by atoms with Crippen molar-refractivity contribution in [2.24, 2.45) is 0 Å². The zero-order valence-corrected chi connectivity index (χ0v) is 12.9. The molecule has 112 valence electrons. The van der Waals surface area contributed by atoms with E-state index in [1.165, 1.54) is 0 Å². The molecule has 0 radical (unpaired) electrons. The zero-order chi connectivity index (χ0) is 15.8. The molecule has 4 rings (SSSR count). The van der Waals surface area contributed by atoms with Crippen LogP contribution in [0.2, 0.25) is 0 Å². The van der Waals surface area contributed by atoms with Gasteiger partial charge in [0.05, 0.1) is 0 Å². The minimum Gasteiger partial charge on any atom is -0.236 e. The third-order valence-corrected chi connectivity index (χ3v) is 3.65. The highest BCUT2D eigenvalue weighted by Crippen LogP contribution is 2.27. The number of aryl methyl sites for hydroxylation is 2. The van der Waals surface area contributed by atoms with E-state index < -0.39 is 0 Å². The molecular formula is C18H15N5. The van der Waals surface area contributed by atoms with E-state index in [9.17, 15) is 0 Å². The van der Waals surface area contributed by atoms with Crippen LogP contribution in [0.4, 0.5) is 0 Å². The Morgan fingerprint density at radius 3 is 2.35 bits per heavy atom. The normalized spacial score (nSPS) is 11.0. The summed E-state index contributed by atoms with van der Waals surface area (Å²) in [4.78, 5) is 13.5. The lowest BCUT2D eigenvalue weighted by Gasteiger charge is -2.03. The fourth-order valence-corrected chi connectivity index (χ4v) is 2.70. The second kappa shape index (κ2) is 5.28. The molecule has 0 N–H and O–H groups in total. The zero-order valence-electron chi connectivity index (χ0n) is 12.9. The summed E-state index contributed by atoms with van der Waals surface area (Å²) in [6, 6.07) is 16.0. The van der Waals surface area contributed by atoms with Crippen molar-refractivity contribution in [2.75, 3.05) is 0 Å². The predicted molar refractivity (Wildman–Crippen MR) is 89.4 cm³/mol. The number of pyridine rings is 1. The van der Waals surface area contributed by atoms with E-state index in [2.05, 4.69) is 15.0 Å². The van der Waals surface area contributed by atoms with Gasteiger partial charge in [0.1, 0.15) is 5.69 Å². The number of hydrogen-bond donors (Lipinski definition) is 0. The first-order valence-electron chi connectivity index (χ1n) is 7.44. The van der Waals surface area contributed by atoms with Crippen LogP contribution in [0.3, 0.4) is 0 Å². The Balaban J connectivity index is 2.01. The molecule has 0 aliphatic carbocycles. The van der Waals surface area contributed by atoms with Gasteiger partial charge in [-0.2, -0.15) is 9.78 Å². The van der Waals surface area contributed by atoms with E-state index >= 15 is 0 Å². The maximum atomic E-state index is 4.74. The Morgan fingerprint density at radius 1 is 0.870 bits per heavy atom. The van der Waals surface area contributed by atoms with Gasteiger partial charge in [-0.3, -0.25) is 0 Å². The largest absolute Gasteiger partial charge is 0.253 e. The SMILES string of the molecule is Cc1cc(C)nc(-n2nc(-c3ccccc3)c3cccnc32)n1. The Bertz CT molecular complexity index is 969. The minimum absolute atomic E-state index is 0.549. The number of fused-ring (bicyclic) bond motifs is 1. The van der Waals surface area contributed by atoms with E-state index in [-0.39, 0.29) is 0 Å². The molecule has 0 aliphatic heterocycles. The molecule has 1 aromatic carbocycles. The first-order chi connectivity index (χ1) is 11.2. The summed E-state index contributed by atoms with van der Waals surface area (Å²) in [6.45, 7) is 3.91. The van der Waals surface area contributed by atoms with E-state index in [0.717, 1.165) is 33.7 Å². The number of rotatable bonds is 2. The molecule has 0 bridgehead atoms. The maximum absolute atomic E-state index is 4.74. The van der Waals surface area contributed by atoms with Gasteiger partial charge >= 0.3 is 0 Å². The fraction of sp³-hybridized carbons (Fsp3) is 0.111. The molecule has 0 fully saturated rings. The van der Waals surface area contributed by atoms with Crippen molar-refractivity contribution in [3.05, 3.63) is 66.1 Å². The topological polar surface area (TPSA) is 56.5 Å². The quantitative estimate of drug-likeness (QED) is 0.568. The summed E-state index contributed by atoms with van der Waals surface area (Å²) in [5.41, 5.74) is 4.52. The molecule has 3 aromatic heterocycles. The van der Waals surface area contributed by atoms with Gasteiger partial charge in [-0.05, 0) is 32.0 Å². The highest BCUT2D eigenvalue weighted by Gasteiger charge is 2.16. The molecule has 4 aromatic rings. The predicted octanol–water partition coefficient (Wildman–Crippen LogP) is 3.49. The van der Waals surface area contributed by atoms with E-state index in [1.807, 2.05) is 62.4 Å². The lowest BCUT2D eigenvalue weighted by Crippen LogP contribution is -2.06. The second-order valence-electron chi connectivity index (χ2n) is 5.45. The van der Waals surface area contributed by atoms with Gasteiger partial charge in [-0.25, -0.2) is 15.0 Å². The first-order valence-corrected chi connectivity index (χ1v) is 7.44. The average molecular weight is 301 g/mol. The van der Waals surface area contributed by atoms with E-state index in [4.69, 9.17) is 5.10 Å². The molecule has 5 heteroatoms. The smallest absolute Gasteiger partial charge is 0.236 e. The van der Waals surface area contributed by atoms with Crippen molar-refractivity contribution in [1.82, 2.24) is 24.7 Å². The molecule has 0 atom stereocenters. The van der Waals surface area contributed by atoms with Crippen molar-refractivity contribution in [3.8, 4) is 17.2 Å². The average Bonchev–Trinajstić information content (AvgIpc) is 2.94. The summed E-state index contributed by atoms with van der Waals surface area (Å²) >= 11 is 0. The highest BCUT2D eigenvalue weighted by molar-refractivity contribution is 5.91. The van der Waals surface area contributed by atoms with Crippen molar-refractivity contribution in [2.45, 2.75) is 13.8 Å². The van der Waals surface area contributed by atoms with Crippen molar-refractivity contribution in [1.29, 1.82) is 0 Å². The van der Waals surface area contributed by atoms with Crippen LogP contribution in [0.15, 0.2) is 54.7 Å². The van der Waals surface area contributed by atoms with Crippen molar-refractivity contribution >= 4 is 11.0 Å². The van der Waals surface area contributed by atoms with Gasteiger partial charge in [-0.15, -0.1) is 0 Å². The molecule has 0 saturated heterocycles. The summed E-state index contributed by atoms with van der Waals surface area (Å²) in [6.07, 6.45) is 1.76. The molecule has 3 heterocycles. The summed E-state index contributed by atoms with van der Waals surface area (Å²) in [5.74, 6) is 0.549. The lowest BCUT2D eigenvalue weighted by atomic mass is 10.1. The Hall–Kier alpha value is -3.08. The van der Waals surface area contributed by atoms with Crippen LogP contribution in [-0.4, -0.2) is 24.7 Å². The highest BCUT2D eigenvalue weighted by atomic mass is 15.4. The Labute approximate surface area is 133 Å². The second-order valence-corrected chi connectivity index (χ2v) is 5.45. The van der Waals surface area contributed by atoms with Gasteiger partial charge in [0.2, 0.25) is 0 Å². The first kappa shape index (κ1) is 13.6. The molecule has 0 amide bonds. The van der Waals surface area contributed by atoms with E-state index in [0.29, 0.717) is 5.95 Å². The number of nitrogens with zero attached hydrogens (tertiary/aromatic N) is 5. The van der Waals surface area contributed by atoms with Crippen LogP contribution in [-0.2, 0) is 0 Å². The minimum atomic E-state index is 0.549.